The van der Waals surface area contributed by atoms with E-state index < -0.39 is 48.2 Å². The van der Waals surface area contributed by atoms with Gasteiger partial charge in [-0.2, -0.15) is 0 Å². The van der Waals surface area contributed by atoms with E-state index in [0.717, 1.165) is 0 Å². The first-order chi connectivity index (χ1) is 17.1. The summed E-state index contributed by atoms with van der Waals surface area (Å²) in [5, 5.41) is 40.7. The summed E-state index contributed by atoms with van der Waals surface area (Å²) >= 11 is 0. The number of aliphatic hydroxyl groups is 3. The van der Waals surface area contributed by atoms with E-state index in [-0.39, 0.29) is 39.1 Å². The van der Waals surface area contributed by atoms with Gasteiger partial charge >= 0.3 is 5.97 Å². The number of hydrogen-bond acceptors (Lipinski definition) is 9. The number of hydrogen-bond donors (Lipinski definition) is 4. The quantitative estimate of drug-likeness (QED) is 0.325. The third-order valence-corrected chi connectivity index (χ3v) is 6.47. The van der Waals surface area contributed by atoms with Crippen LogP contribution >= 0.6 is 0 Å². The average molecular weight is 494 g/mol. The van der Waals surface area contributed by atoms with Gasteiger partial charge in [-0.3, -0.25) is 9.59 Å². The van der Waals surface area contributed by atoms with Crippen molar-refractivity contribution in [2.24, 2.45) is 0 Å². The summed E-state index contributed by atoms with van der Waals surface area (Å²) in [6, 6.07) is 11.2. The van der Waals surface area contributed by atoms with E-state index in [2.05, 4.69) is 0 Å². The summed E-state index contributed by atoms with van der Waals surface area (Å²) in [7, 11) is 1.41. The molecule has 0 spiro atoms. The summed E-state index contributed by atoms with van der Waals surface area (Å²) in [6.07, 6.45) is -9.09. The molecule has 0 radical (unpaired) electrons. The Morgan fingerprint density at radius 1 is 0.889 bits per heavy atom. The zero-order valence-corrected chi connectivity index (χ0v) is 19.2. The van der Waals surface area contributed by atoms with Gasteiger partial charge in [0.2, 0.25) is 6.29 Å². The van der Waals surface area contributed by atoms with Gasteiger partial charge in [0.1, 0.15) is 29.8 Å². The summed E-state index contributed by atoms with van der Waals surface area (Å²) in [5.74, 6) is -2.11. The monoisotopic (exact) mass is 494 g/mol. The number of rotatable bonds is 4. The van der Waals surface area contributed by atoms with Crippen molar-refractivity contribution < 1.29 is 49.0 Å². The first kappa shape index (κ1) is 23.9. The molecule has 5 atom stereocenters. The summed E-state index contributed by atoms with van der Waals surface area (Å²) < 4.78 is 16.4. The van der Waals surface area contributed by atoms with Crippen LogP contribution in [0.15, 0.2) is 42.5 Å². The van der Waals surface area contributed by atoms with Crippen molar-refractivity contribution in [2.45, 2.75) is 37.6 Å². The van der Waals surface area contributed by atoms with Crippen LogP contribution in [0.2, 0.25) is 0 Å². The van der Waals surface area contributed by atoms with Crippen molar-refractivity contribution in [3.63, 3.8) is 0 Å². The number of ketones is 2. The van der Waals surface area contributed by atoms with E-state index in [1.54, 1.807) is 43.3 Å². The van der Waals surface area contributed by atoms with Crippen LogP contribution in [0.25, 0.3) is 10.8 Å². The van der Waals surface area contributed by atoms with Crippen LogP contribution in [0.4, 0.5) is 0 Å². The van der Waals surface area contributed by atoms with Crippen LogP contribution in [-0.4, -0.2) is 75.8 Å². The number of aliphatic carboxylic acids is 1. The van der Waals surface area contributed by atoms with Crippen molar-refractivity contribution in [1.29, 1.82) is 0 Å². The first-order valence-corrected chi connectivity index (χ1v) is 11.1. The lowest BCUT2D eigenvalue weighted by atomic mass is 9.81. The minimum absolute atomic E-state index is 0.0334. The van der Waals surface area contributed by atoms with Gasteiger partial charge in [-0.1, -0.05) is 24.3 Å². The molecule has 1 fully saturated rings. The summed E-state index contributed by atoms with van der Waals surface area (Å²) in [4.78, 5) is 38.6. The molecule has 1 heterocycles. The molecule has 186 valence electrons. The number of benzene rings is 3. The van der Waals surface area contributed by atoms with E-state index in [4.69, 9.17) is 14.2 Å². The maximum atomic E-state index is 13.7. The highest BCUT2D eigenvalue weighted by atomic mass is 16.7. The molecule has 1 aliphatic heterocycles. The van der Waals surface area contributed by atoms with Crippen molar-refractivity contribution in [3.8, 4) is 11.5 Å². The lowest BCUT2D eigenvalue weighted by Gasteiger charge is -2.38. The Labute approximate surface area is 204 Å². The number of carbonyl (C=O) groups excluding carboxylic acids is 2. The number of methoxy groups -OCH3 is 1. The zero-order chi connectivity index (χ0) is 25.9. The number of fused-ring (bicyclic) bond motifs is 4. The fourth-order valence-electron chi connectivity index (χ4n) is 4.76. The highest BCUT2D eigenvalue weighted by molar-refractivity contribution is 6.33. The third-order valence-electron chi connectivity index (χ3n) is 6.47. The summed E-state index contributed by atoms with van der Waals surface area (Å²) in [5.41, 5.74) is 1.22. The second-order valence-electron chi connectivity index (χ2n) is 8.74. The van der Waals surface area contributed by atoms with Gasteiger partial charge in [-0.05, 0) is 36.1 Å². The SMILES string of the molecule is COc1cccc2c1C(=O)c1ccc3cc(C)cc(O[C@@H]4O[C@H](C(=O)O)[C@@H](O)[C@H](O)[C@H]4O)c3c1C2=O. The van der Waals surface area contributed by atoms with Gasteiger partial charge in [0, 0.05) is 22.1 Å². The van der Waals surface area contributed by atoms with Crippen molar-refractivity contribution >= 4 is 28.3 Å². The molecule has 36 heavy (non-hydrogen) atoms. The first-order valence-electron chi connectivity index (χ1n) is 11.1. The fourth-order valence-corrected chi connectivity index (χ4v) is 4.76. The van der Waals surface area contributed by atoms with Crippen LogP contribution in [0.5, 0.6) is 11.5 Å². The molecule has 0 unspecified atom stereocenters. The van der Waals surface area contributed by atoms with E-state index in [1.165, 1.54) is 13.2 Å². The Kier molecular flexibility index (Phi) is 5.76. The normalized spacial score (nSPS) is 25.3. The number of carbonyl (C=O) groups is 3. The number of aryl methyl sites for hydroxylation is 1. The predicted octanol–water partition coefficient (Wildman–Crippen LogP) is 1.20. The molecular formula is C26H22O10. The van der Waals surface area contributed by atoms with Crippen LogP contribution in [0, 0.1) is 6.92 Å². The van der Waals surface area contributed by atoms with Gasteiger partial charge in [0.15, 0.2) is 17.7 Å². The molecule has 1 aliphatic carbocycles. The van der Waals surface area contributed by atoms with E-state index in [0.29, 0.717) is 10.9 Å². The van der Waals surface area contributed by atoms with Crippen LogP contribution < -0.4 is 9.47 Å². The molecule has 0 bridgehead atoms. The number of ether oxygens (including phenoxy) is 3. The Balaban J connectivity index is 1.67. The van der Waals surface area contributed by atoms with Crippen LogP contribution in [-0.2, 0) is 9.53 Å². The van der Waals surface area contributed by atoms with E-state index >= 15 is 0 Å². The standard InChI is InChI=1S/C26H22O10/c1-10-8-11-6-7-13-18(20(28)12-4-3-5-14(34-2)17(12)19(13)27)16(11)15(9-10)35-26-23(31)21(29)22(30)24(36-26)25(32)33/h3-9,21-24,26,29-31H,1-2H3,(H,32,33)/t21-,22-,23+,24-,26+/m0/s1. The van der Waals surface area contributed by atoms with Gasteiger partial charge in [0.25, 0.3) is 0 Å². The molecule has 0 saturated carbocycles. The lowest BCUT2D eigenvalue weighted by molar-refractivity contribution is -0.270. The minimum atomic E-state index is -1.88. The molecule has 10 heteroatoms. The van der Waals surface area contributed by atoms with Crippen molar-refractivity contribution in [3.05, 3.63) is 70.3 Å². The van der Waals surface area contributed by atoms with Gasteiger partial charge in [-0.25, -0.2) is 4.79 Å². The molecule has 1 saturated heterocycles. The molecule has 4 N–H and O–H groups in total. The van der Waals surface area contributed by atoms with Gasteiger partial charge < -0.3 is 34.6 Å². The van der Waals surface area contributed by atoms with E-state index in [9.17, 15) is 34.8 Å². The molecular weight excluding hydrogens is 472 g/mol. The molecule has 10 nitrogen and oxygen atoms in total. The second-order valence-corrected chi connectivity index (χ2v) is 8.74. The Morgan fingerprint density at radius 2 is 1.58 bits per heavy atom. The Bertz CT molecular complexity index is 1430. The number of carboxylic acids is 1. The third kappa shape index (κ3) is 3.54. The maximum Gasteiger partial charge on any atom is 0.335 e. The largest absolute Gasteiger partial charge is 0.496 e. The number of carboxylic acid groups (broad SMARTS) is 1. The van der Waals surface area contributed by atoms with E-state index in [1.807, 2.05) is 0 Å². The predicted molar refractivity (Wildman–Crippen MR) is 123 cm³/mol. The van der Waals surface area contributed by atoms with Crippen LogP contribution in [0.1, 0.15) is 37.4 Å². The fraction of sp³-hybridized carbons (Fsp3) is 0.269. The topological polar surface area (TPSA) is 160 Å². The zero-order valence-electron chi connectivity index (χ0n) is 19.2. The average Bonchev–Trinajstić information content (AvgIpc) is 2.86. The molecule has 3 aromatic carbocycles. The smallest absolute Gasteiger partial charge is 0.335 e. The lowest BCUT2D eigenvalue weighted by Crippen LogP contribution is -2.61. The molecule has 2 aliphatic rings. The highest BCUT2D eigenvalue weighted by Crippen LogP contribution is 2.41. The van der Waals surface area contributed by atoms with Gasteiger partial charge in [-0.15, -0.1) is 0 Å². The summed E-state index contributed by atoms with van der Waals surface area (Å²) in [6.45, 7) is 1.76. The highest BCUT2D eigenvalue weighted by Gasteiger charge is 2.48. The van der Waals surface area contributed by atoms with Gasteiger partial charge in [0.05, 0.1) is 12.7 Å². The molecule has 5 rings (SSSR count). The Morgan fingerprint density at radius 3 is 2.28 bits per heavy atom. The molecule has 0 amide bonds. The minimum Gasteiger partial charge on any atom is -0.496 e. The number of aliphatic hydroxyl groups excluding tert-OH is 3. The second kappa shape index (κ2) is 8.68. The molecule has 3 aromatic rings. The van der Waals surface area contributed by atoms with Crippen molar-refractivity contribution in [2.75, 3.05) is 7.11 Å². The Hall–Kier alpha value is -3.83. The maximum absolute atomic E-state index is 13.7. The molecule has 0 aromatic heterocycles. The van der Waals surface area contributed by atoms with Crippen molar-refractivity contribution in [1.82, 2.24) is 0 Å². The van der Waals surface area contributed by atoms with Crippen LogP contribution in [0.3, 0.4) is 0 Å².